The topological polar surface area (TPSA) is 68.7 Å². The number of hydrogen-bond acceptors (Lipinski definition) is 5. The minimum Gasteiger partial charge on any atom is -0.376 e. The number of rotatable bonds is 2. The van der Waals surface area contributed by atoms with Crippen LogP contribution in [0.3, 0.4) is 0 Å². The number of nitrogens with zero attached hydrogens (tertiary/aromatic N) is 4. The molecule has 152 valence electrons. The molecule has 5 rings (SSSR count). The highest BCUT2D eigenvalue weighted by atomic mass is 35.5. The number of ether oxygens (including phenoxy) is 1. The number of anilines is 1. The first-order valence-corrected chi connectivity index (χ1v) is 10.6. The van der Waals surface area contributed by atoms with Crippen LogP contribution < -0.4 is 10.6 Å². The van der Waals surface area contributed by atoms with Gasteiger partial charge in [0.1, 0.15) is 12.1 Å². The second kappa shape index (κ2) is 7.13. The monoisotopic (exact) mass is 431 g/mol. The Labute approximate surface area is 179 Å². The van der Waals surface area contributed by atoms with Crippen LogP contribution in [-0.2, 0) is 4.74 Å². The van der Waals surface area contributed by atoms with Gasteiger partial charge in [0.25, 0.3) is 0 Å². The normalized spacial score (nSPS) is 23.9. The van der Waals surface area contributed by atoms with Crippen LogP contribution >= 0.6 is 23.2 Å². The molecule has 1 aromatic carbocycles. The number of halogens is 2. The lowest BCUT2D eigenvalue weighted by molar-refractivity contribution is 0.0974. The van der Waals surface area contributed by atoms with Crippen LogP contribution in [-0.4, -0.2) is 46.4 Å². The molecule has 6 nitrogen and oxygen atoms in total. The largest absolute Gasteiger partial charge is 0.376 e. The summed E-state index contributed by atoms with van der Waals surface area (Å²) >= 11 is 12.7. The number of aromatic nitrogens is 3. The van der Waals surface area contributed by atoms with Gasteiger partial charge in [0, 0.05) is 35.7 Å². The molecule has 3 aromatic rings. The molecule has 2 unspecified atom stereocenters. The predicted molar refractivity (Wildman–Crippen MR) is 116 cm³/mol. The zero-order chi connectivity index (χ0) is 20.2. The highest BCUT2D eigenvalue weighted by molar-refractivity contribution is 6.43. The number of hydrogen-bond donors (Lipinski definition) is 1. The molecule has 0 aliphatic carbocycles. The molecule has 0 radical (unpaired) electrons. The molecule has 2 saturated heterocycles. The maximum atomic E-state index is 6.46. The summed E-state index contributed by atoms with van der Waals surface area (Å²) in [7, 11) is 0. The zero-order valence-electron chi connectivity index (χ0n) is 16.2. The van der Waals surface area contributed by atoms with Crippen molar-refractivity contribution in [3.8, 4) is 11.1 Å². The lowest BCUT2D eigenvalue weighted by atomic mass is 9.73. The fourth-order valence-electron chi connectivity index (χ4n) is 4.71. The van der Waals surface area contributed by atoms with Gasteiger partial charge in [0.2, 0.25) is 0 Å². The van der Waals surface area contributed by atoms with Crippen LogP contribution in [0.15, 0.2) is 36.7 Å². The van der Waals surface area contributed by atoms with Crippen LogP contribution in [0.1, 0.15) is 19.8 Å². The summed E-state index contributed by atoms with van der Waals surface area (Å²) in [5.74, 6) is 1.02. The van der Waals surface area contributed by atoms with Crippen molar-refractivity contribution in [2.75, 3.05) is 24.6 Å². The molecule has 2 atom stereocenters. The van der Waals surface area contributed by atoms with E-state index in [2.05, 4.69) is 28.0 Å². The minimum absolute atomic E-state index is 0.0889. The maximum absolute atomic E-state index is 6.46. The van der Waals surface area contributed by atoms with Gasteiger partial charge in [0.05, 0.1) is 22.8 Å². The van der Waals surface area contributed by atoms with E-state index in [1.54, 1.807) is 12.4 Å². The first-order valence-electron chi connectivity index (χ1n) is 9.89. The Morgan fingerprint density at radius 3 is 2.66 bits per heavy atom. The van der Waals surface area contributed by atoms with Gasteiger partial charge >= 0.3 is 0 Å². The molecule has 2 aliphatic rings. The van der Waals surface area contributed by atoms with Crippen molar-refractivity contribution in [3.63, 3.8) is 0 Å². The summed E-state index contributed by atoms with van der Waals surface area (Å²) in [4.78, 5) is 6.85. The number of benzene rings is 1. The summed E-state index contributed by atoms with van der Waals surface area (Å²) < 4.78 is 7.74. The van der Waals surface area contributed by atoms with Gasteiger partial charge in [0.15, 0.2) is 5.65 Å². The Kier molecular flexibility index (Phi) is 4.70. The third-order valence-corrected chi connectivity index (χ3v) is 7.40. The molecule has 1 spiro atoms. The standard InChI is InChI=1S/C21H23Cl2N5O/c1-13-19(24)21(11-29-13)7-9-27(10-8-21)17-6-5-15(20-25-12-26-28(17)20)14-3-2-4-16(22)18(14)23/h2-6,12-13,19H,7-11,24H2,1H3. The molecule has 0 saturated carbocycles. The van der Waals surface area contributed by atoms with E-state index >= 15 is 0 Å². The van der Waals surface area contributed by atoms with Gasteiger partial charge in [-0.2, -0.15) is 9.61 Å². The summed E-state index contributed by atoms with van der Waals surface area (Å²) in [5, 5.41) is 5.54. The zero-order valence-corrected chi connectivity index (χ0v) is 17.7. The van der Waals surface area contributed by atoms with E-state index in [4.69, 9.17) is 33.7 Å². The van der Waals surface area contributed by atoms with Crippen LogP contribution in [0.25, 0.3) is 16.8 Å². The van der Waals surface area contributed by atoms with Gasteiger partial charge < -0.3 is 15.4 Å². The molecular weight excluding hydrogens is 409 g/mol. The smallest absolute Gasteiger partial charge is 0.165 e. The van der Waals surface area contributed by atoms with Crippen molar-refractivity contribution in [3.05, 3.63) is 46.7 Å². The van der Waals surface area contributed by atoms with Crippen LogP contribution in [0.4, 0.5) is 5.82 Å². The highest BCUT2D eigenvalue weighted by Crippen LogP contribution is 2.42. The lowest BCUT2D eigenvalue weighted by Crippen LogP contribution is -2.50. The van der Waals surface area contributed by atoms with Crippen LogP contribution in [0.2, 0.25) is 10.0 Å². The third-order valence-electron chi connectivity index (χ3n) is 6.58. The molecule has 4 heterocycles. The average molecular weight is 432 g/mol. The first-order chi connectivity index (χ1) is 14.0. The van der Waals surface area contributed by atoms with E-state index in [1.807, 2.05) is 22.7 Å². The first kappa shape index (κ1) is 19.1. The van der Waals surface area contributed by atoms with Gasteiger partial charge in [-0.1, -0.05) is 35.3 Å². The molecule has 29 heavy (non-hydrogen) atoms. The number of pyridine rings is 1. The van der Waals surface area contributed by atoms with E-state index in [0.717, 1.165) is 55.1 Å². The minimum atomic E-state index is 0.0889. The van der Waals surface area contributed by atoms with Crippen molar-refractivity contribution < 1.29 is 4.74 Å². The van der Waals surface area contributed by atoms with Gasteiger partial charge in [-0.3, -0.25) is 0 Å². The fourth-order valence-corrected chi connectivity index (χ4v) is 5.11. The molecule has 8 heteroatoms. The van der Waals surface area contributed by atoms with E-state index in [1.165, 1.54) is 0 Å². The average Bonchev–Trinajstić information content (AvgIpc) is 3.32. The number of fused-ring (bicyclic) bond motifs is 1. The van der Waals surface area contributed by atoms with Gasteiger partial charge in [-0.15, -0.1) is 0 Å². The Balaban J connectivity index is 1.47. The predicted octanol–water partition coefficient (Wildman–Crippen LogP) is 4.04. The van der Waals surface area contributed by atoms with E-state index in [-0.39, 0.29) is 17.6 Å². The maximum Gasteiger partial charge on any atom is 0.165 e. The summed E-state index contributed by atoms with van der Waals surface area (Å²) in [6, 6.07) is 9.86. The summed E-state index contributed by atoms with van der Waals surface area (Å²) in [5.41, 5.74) is 9.08. The van der Waals surface area contributed by atoms with E-state index in [0.29, 0.717) is 10.0 Å². The van der Waals surface area contributed by atoms with Crippen LogP contribution in [0, 0.1) is 5.41 Å². The number of piperidine rings is 1. The molecule has 2 N–H and O–H groups in total. The van der Waals surface area contributed by atoms with Crippen molar-refractivity contribution >= 4 is 34.7 Å². The molecule has 2 fully saturated rings. The van der Waals surface area contributed by atoms with Crippen molar-refractivity contribution in [2.24, 2.45) is 11.1 Å². The fraction of sp³-hybridized carbons (Fsp3) is 0.429. The van der Waals surface area contributed by atoms with Gasteiger partial charge in [-0.25, -0.2) is 4.98 Å². The molecule has 2 aliphatic heterocycles. The van der Waals surface area contributed by atoms with Crippen molar-refractivity contribution in [1.82, 2.24) is 14.6 Å². The molecule has 2 aromatic heterocycles. The van der Waals surface area contributed by atoms with Gasteiger partial charge in [-0.05, 0) is 38.0 Å². The third kappa shape index (κ3) is 3.01. The summed E-state index contributed by atoms with van der Waals surface area (Å²) in [6.45, 7) is 4.66. The Bertz CT molecular complexity index is 1060. The summed E-state index contributed by atoms with van der Waals surface area (Å²) in [6.07, 6.45) is 3.73. The molecule has 0 bridgehead atoms. The number of nitrogens with two attached hydrogens (primary N) is 1. The SMILES string of the molecule is CC1OCC2(CCN(c3ccc(-c4cccc(Cl)c4Cl)c4ncnn34)CC2)C1N. The molecular formula is C21H23Cl2N5O. The Hall–Kier alpha value is -1.86. The second-order valence-electron chi connectivity index (χ2n) is 8.09. The van der Waals surface area contributed by atoms with E-state index < -0.39 is 0 Å². The highest BCUT2D eigenvalue weighted by Gasteiger charge is 2.47. The quantitative estimate of drug-likeness (QED) is 0.662. The van der Waals surface area contributed by atoms with E-state index in [9.17, 15) is 0 Å². The van der Waals surface area contributed by atoms with Crippen molar-refractivity contribution in [1.29, 1.82) is 0 Å². The Morgan fingerprint density at radius 2 is 1.93 bits per heavy atom. The van der Waals surface area contributed by atoms with Crippen molar-refractivity contribution in [2.45, 2.75) is 31.9 Å². The Morgan fingerprint density at radius 1 is 1.14 bits per heavy atom. The molecule has 0 amide bonds. The lowest BCUT2D eigenvalue weighted by Gasteiger charge is -2.42. The second-order valence-corrected chi connectivity index (χ2v) is 8.88. The van der Waals surface area contributed by atoms with Crippen LogP contribution in [0.5, 0.6) is 0 Å².